The van der Waals surface area contributed by atoms with Gasteiger partial charge in [-0.2, -0.15) is 0 Å². The first-order chi connectivity index (χ1) is 28.0. The lowest BCUT2D eigenvalue weighted by molar-refractivity contribution is -0.0462. The van der Waals surface area contributed by atoms with E-state index in [1.807, 2.05) is 59.2 Å². The molecule has 0 aromatic heterocycles. The number of piperidine rings is 6. The minimum Gasteiger partial charge on any atom is -0.450 e. The van der Waals surface area contributed by atoms with E-state index in [0.29, 0.717) is 31.5 Å². The Morgan fingerprint density at radius 2 is 1.03 bits per heavy atom. The normalized spacial score (nSPS) is 27.6. The van der Waals surface area contributed by atoms with Gasteiger partial charge in [0, 0.05) is 26.2 Å². The molecule has 0 saturated carbocycles. The van der Waals surface area contributed by atoms with Crippen molar-refractivity contribution < 1.29 is 24.2 Å². The fourth-order valence-corrected chi connectivity index (χ4v) is 9.90. The van der Waals surface area contributed by atoms with Crippen molar-refractivity contribution in [3.8, 4) is 0 Å². The second kappa shape index (κ2) is 19.6. The van der Waals surface area contributed by atoms with Gasteiger partial charge < -0.3 is 19.5 Å². The van der Waals surface area contributed by atoms with Crippen molar-refractivity contribution in [3.63, 3.8) is 0 Å². The summed E-state index contributed by atoms with van der Waals surface area (Å²) in [5.41, 5.74) is 7.34. The third kappa shape index (κ3) is 9.39. The molecule has 58 heavy (non-hydrogen) atoms. The number of amides is 2. The maximum absolute atomic E-state index is 13.2. The third-order valence-corrected chi connectivity index (χ3v) is 13.0. The van der Waals surface area contributed by atoms with Crippen LogP contribution in [0.3, 0.4) is 0 Å². The molecule has 6 saturated heterocycles. The summed E-state index contributed by atoms with van der Waals surface area (Å²) in [6.07, 6.45) is 6.17. The number of rotatable bonds is 4. The standard InChI is InChI=1S/C23H26N2O2.C18H19NO2.C7H13NO.ClH/c26-23(27-21-16-24-13-10-18(21)11-14-24)25-15-12-17-6-4-5-9-20(17)22(25)19-7-2-1-3-8-19;1-2-21-18(20)19-13-12-14-8-6-7-11-16(14)17(19)15-9-4-3-5-10-15;9-7-5-8-3-1-6(7)2-4-8;/h1-9,18,21-22H,10-16H2;3-11,17H,2,12-13H2,1H3;6-7,9H,1-5H2;1H/t21-,22-;17-;7-;/m000./s1. The van der Waals surface area contributed by atoms with Gasteiger partial charge in [-0.1, -0.05) is 109 Å². The Labute approximate surface area is 350 Å². The lowest BCUT2D eigenvalue weighted by Crippen LogP contribution is -2.53. The van der Waals surface area contributed by atoms with Gasteiger partial charge in [0.1, 0.15) is 6.10 Å². The first kappa shape index (κ1) is 41.7. The average molecular weight is 807 g/mol. The monoisotopic (exact) mass is 806 g/mol. The van der Waals surface area contributed by atoms with Crippen LogP contribution in [-0.4, -0.2) is 108 Å². The summed E-state index contributed by atoms with van der Waals surface area (Å²) < 4.78 is 11.3. The summed E-state index contributed by atoms with van der Waals surface area (Å²) in [4.78, 5) is 34.1. The van der Waals surface area contributed by atoms with Crippen molar-refractivity contribution in [2.75, 3.05) is 59.0 Å². The van der Waals surface area contributed by atoms with Crippen LogP contribution in [0.15, 0.2) is 109 Å². The van der Waals surface area contributed by atoms with E-state index in [-0.39, 0.29) is 48.9 Å². The van der Waals surface area contributed by atoms with Gasteiger partial charge in [0.25, 0.3) is 0 Å². The van der Waals surface area contributed by atoms with E-state index in [4.69, 9.17) is 9.47 Å². The number of hydrogen-bond acceptors (Lipinski definition) is 7. The Morgan fingerprint density at radius 1 is 0.586 bits per heavy atom. The Bertz CT molecular complexity index is 1930. The topological polar surface area (TPSA) is 85.8 Å². The lowest BCUT2D eigenvalue weighted by atomic mass is 9.86. The molecule has 308 valence electrons. The molecular formula is C48H59ClN4O5. The highest BCUT2D eigenvalue weighted by molar-refractivity contribution is 5.85. The van der Waals surface area contributed by atoms with Gasteiger partial charge in [0.2, 0.25) is 0 Å². The van der Waals surface area contributed by atoms with E-state index < -0.39 is 0 Å². The van der Waals surface area contributed by atoms with Crippen LogP contribution >= 0.6 is 12.4 Å². The van der Waals surface area contributed by atoms with E-state index in [1.54, 1.807) is 0 Å². The molecule has 4 atom stereocenters. The van der Waals surface area contributed by atoms with Crippen LogP contribution in [0.5, 0.6) is 0 Å². The molecule has 6 fully saturated rings. The summed E-state index contributed by atoms with van der Waals surface area (Å²) in [6, 6.07) is 37.2. The molecule has 8 heterocycles. The van der Waals surface area contributed by atoms with Gasteiger partial charge >= 0.3 is 12.2 Å². The molecule has 4 aromatic rings. The summed E-state index contributed by atoms with van der Waals surface area (Å²) in [6.45, 7) is 10.2. The molecule has 1 N–H and O–H groups in total. The van der Waals surface area contributed by atoms with Crippen molar-refractivity contribution in [2.45, 2.75) is 69.7 Å². The number of ether oxygens (including phenoxy) is 2. The van der Waals surface area contributed by atoms with E-state index in [2.05, 4.69) is 76.5 Å². The van der Waals surface area contributed by atoms with Gasteiger partial charge in [0.15, 0.2) is 0 Å². The number of hydrogen-bond donors (Lipinski definition) is 1. The first-order valence-corrected chi connectivity index (χ1v) is 21.3. The predicted octanol–water partition coefficient (Wildman–Crippen LogP) is 8.15. The van der Waals surface area contributed by atoms with Crippen LogP contribution in [-0.2, 0) is 22.3 Å². The number of nitrogens with zero attached hydrogens (tertiary/aromatic N) is 4. The summed E-state index contributed by atoms with van der Waals surface area (Å²) in [5, 5.41) is 9.36. The molecule has 0 unspecified atom stereocenters. The van der Waals surface area contributed by atoms with E-state index >= 15 is 0 Å². The number of aliphatic hydroxyl groups excluding tert-OH is 1. The molecule has 12 rings (SSSR count). The number of fused-ring (bicyclic) bond motifs is 8. The van der Waals surface area contributed by atoms with Gasteiger partial charge in [0.05, 0.1) is 24.8 Å². The molecule has 10 heteroatoms. The maximum Gasteiger partial charge on any atom is 0.410 e. The number of halogens is 1. The van der Waals surface area contributed by atoms with Crippen LogP contribution < -0.4 is 0 Å². The highest BCUT2D eigenvalue weighted by Crippen LogP contribution is 2.38. The van der Waals surface area contributed by atoms with Gasteiger partial charge in [-0.25, -0.2) is 9.59 Å². The van der Waals surface area contributed by atoms with Crippen LogP contribution in [0, 0.1) is 11.8 Å². The van der Waals surface area contributed by atoms with E-state index in [9.17, 15) is 14.7 Å². The molecule has 8 aliphatic rings. The number of carbonyl (C=O) groups excluding carboxylic acids is 2. The van der Waals surface area contributed by atoms with Crippen molar-refractivity contribution in [3.05, 3.63) is 143 Å². The van der Waals surface area contributed by atoms with Crippen LogP contribution in [0.2, 0.25) is 0 Å². The molecule has 2 amide bonds. The maximum atomic E-state index is 13.2. The molecule has 0 aliphatic carbocycles. The average Bonchev–Trinajstić information content (AvgIpc) is 3.27. The Morgan fingerprint density at radius 3 is 1.45 bits per heavy atom. The van der Waals surface area contributed by atoms with Crippen molar-refractivity contribution in [1.29, 1.82) is 0 Å². The smallest absolute Gasteiger partial charge is 0.410 e. The summed E-state index contributed by atoms with van der Waals surface area (Å²) in [7, 11) is 0. The Balaban J connectivity index is 0.000000146. The molecule has 4 aromatic carbocycles. The zero-order valence-corrected chi connectivity index (χ0v) is 34.6. The number of carbonyl (C=O) groups is 2. The molecule has 4 bridgehead atoms. The zero-order valence-electron chi connectivity index (χ0n) is 33.7. The molecule has 0 spiro atoms. The zero-order chi connectivity index (χ0) is 39.1. The Hall–Kier alpha value is -4.41. The van der Waals surface area contributed by atoms with Crippen LogP contribution in [0.1, 0.15) is 78.1 Å². The number of benzene rings is 4. The molecular weight excluding hydrogens is 748 g/mol. The minimum atomic E-state index is -0.235. The fraction of sp³-hybridized carbons (Fsp3) is 0.458. The fourth-order valence-electron chi connectivity index (χ4n) is 9.90. The lowest BCUT2D eigenvalue weighted by Gasteiger charge is -2.45. The van der Waals surface area contributed by atoms with Crippen molar-refractivity contribution >= 4 is 24.6 Å². The SMILES string of the molecule is CCOC(=O)N1CCc2ccccc2[C@@H]1c1ccccc1.Cl.O=C(O[C@H]1CN2CCC1CC2)N1CCc2ccccc2[C@@H]1c1ccccc1.O[C@H]1CN2CCC1CC2. The molecule has 0 radical (unpaired) electrons. The second-order valence-electron chi connectivity index (χ2n) is 16.4. The highest BCUT2D eigenvalue weighted by atomic mass is 35.5. The first-order valence-electron chi connectivity index (χ1n) is 21.3. The minimum absolute atomic E-state index is 0. The van der Waals surface area contributed by atoms with Gasteiger partial charge in [-0.3, -0.25) is 14.7 Å². The highest BCUT2D eigenvalue weighted by Gasteiger charge is 2.40. The van der Waals surface area contributed by atoms with Crippen molar-refractivity contribution in [1.82, 2.24) is 19.6 Å². The summed E-state index contributed by atoms with van der Waals surface area (Å²) in [5.74, 6) is 1.17. The van der Waals surface area contributed by atoms with Gasteiger partial charge in [-0.05, 0) is 117 Å². The third-order valence-electron chi connectivity index (χ3n) is 13.0. The van der Waals surface area contributed by atoms with Crippen LogP contribution in [0.4, 0.5) is 9.59 Å². The predicted molar refractivity (Wildman–Crippen MR) is 229 cm³/mol. The molecule has 9 nitrogen and oxygen atoms in total. The van der Waals surface area contributed by atoms with Crippen LogP contribution in [0.25, 0.3) is 0 Å². The van der Waals surface area contributed by atoms with Gasteiger partial charge in [-0.15, -0.1) is 12.4 Å². The Kier molecular flexibility index (Phi) is 14.1. The number of aliphatic hydroxyl groups is 1. The second-order valence-corrected chi connectivity index (χ2v) is 16.4. The van der Waals surface area contributed by atoms with E-state index in [1.165, 1.54) is 48.2 Å². The van der Waals surface area contributed by atoms with Crippen molar-refractivity contribution in [2.24, 2.45) is 11.8 Å². The molecule has 8 aliphatic heterocycles. The quantitative estimate of drug-likeness (QED) is 0.223. The largest absolute Gasteiger partial charge is 0.450 e. The summed E-state index contributed by atoms with van der Waals surface area (Å²) >= 11 is 0. The van der Waals surface area contributed by atoms with E-state index in [0.717, 1.165) is 63.0 Å².